The molecule has 0 aliphatic carbocycles. The molecule has 0 spiro atoms. The number of β-amino-alcohol motifs (C(OH)–C–C–N with tert-alkyl or cyclic N) is 2. The van der Waals surface area contributed by atoms with Crippen molar-refractivity contribution in [2.24, 2.45) is 5.73 Å². The zero-order valence-electron chi connectivity index (χ0n) is 9.47. The van der Waals surface area contributed by atoms with E-state index in [1.807, 2.05) is 16.3 Å². The highest BCUT2D eigenvalue weighted by atomic mass is 32.1. The Hall–Kier alpha value is -0.900. The van der Waals surface area contributed by atoms with Crippen LogP contribution in [0.15, 0.2) is 11.4 Å². The van der Waals surface area contributed by atoms with E-state index in [9.17, 15) is 10.2 Å². The van der Waals surface area contributed by atoms with Crippen LogP contribution < -0.4 is 5.73 Å². The molecule has 0 bridgehead atoms. The van der Waals surface area contributed by atoms with Crippen LogP contribution in [0.2, 0.25) is 0 Å². The highest BCUT2D eigenvalue weighted by Gasteiger charge is 2.29. The summed E-state index contributed by atoms with van der Waals surface area (Å²) in [6.07, 6.45) is -1.24. The molecule has 5 heteroatoms. The third-order valence-corrected chi connectivity index (χ3v) is 3.62. The number of thiophene rings is 1. The molecular weight excluding hydrogens is 236 g/mol. The first-order valence-electron chi connectivity index (χ1n) is 5.54. The molecule has 1 aromatic rings. The van der Waals surface area contributed by atoms with Crippen molar-refractivity contribution in [1.82, 2.24) is 4.90 Å². The molecule has 0 saturated carbocycles. The normalized spacial score (nSPS) is 24.6. The van der Waals surface area contributed by atoms with Crippen LogP contribution in [0.25, 0.3) is 0 Å². The van der Waals surface area contributed by atoms with Crippen LogP contribution in [0.1, 0.15) is 10.4 Å². The summed E-state index contributed by atoms with van der Waals surface area (Å²) in [7, 11) is 0. The molecule has 4 N–H and O–H groups in total. The van der Waals surface area contributed by atoms with E-state index in [2.05, 4.69) is 11.8 Å². The second-order valence-electron chi connectivity index (χ2n) is 4.14. The van der Waals surface area contributed by atoms with Crippen molar-refractivity contribution in [2.45, 2.75) is 18.8 Å². The summed E-state index contributed by atoms with van der Waals surface area (Å²) in [4.78, 5) is 3.23. The number of likely N-dealkylation sites (tertiary alicyclic amines) is 1. The van der Waals surface area contributed by atoms with Crippen molar-refractivity contribution < 1.29 is 10.2 Å². The van der Waals surface area contributed by atoms with E-state index in [1.54, 1.807) is 11.3 Å². The van der Waals surface area contributed by atoms with Crippen molar-refractivity contribution in [3.05, 3.63) is 21.9 Å². The topological polar surface area (TPSA) is 69.7 Å². The molecule has 0 aromatic carbocycles. The zero-order chi connectivity index (χ0) is 12.3. The number of hydrogen-bond donors (Lipinski definition) is 3. The lowest BCUT2D eigenvalue weighted by Gasteiger charge is -2.12. The van der Waals surface area contributed by atoms with Gasteiger partial charge in [0.05, 0.1) is 18.8 Å². The van der Waals surface area contributed by atoms with Gasteiger partial charge in [-0.15, -0.1) is 11.3 Å². The monoisotopic (exact) mass is 252 g/mol. The molecule has 1 aliphatic heterocycles. The quantitative estimate of drug-likeness (QED) is 0.626. The lowest BCUT2D eigenvalue weighted by atomic mass is 10.3. The first kappa shape index (κ1) is 12.6. The summed E-state index contributed by atoms with van der Waals surface area (Å²) in [6.45, 7) is 2.19. The van der Waals surface area contributed by atoms with Crippen LogP contribution in [-0.4, -0.2) is 47.0 Å². The summed E-state index contributed by atoms with van der Waals surface area (Å²) in [5, 5.41) is 20.9. The van der Waals surface area contributed by atoms with Crippen LogP contribution in [0.5, 0.6) is 0 Å². The number of hydrogen-bond acceptors (Lipinski definition) is 5. The second kappa shape index (κ2) is 5.63. The fourth-order valence-electron chi connectivity index (χ4n) is 1.88. The number of aliphatic hydroxyl groups excluding tert-OH is 2. The Labute approximate surface area is 105 Å². The minimum absolute atomic E-state index is 0.371. The minimum atomic E-state index is -0.619. The maximum absolute atomic E-state index is 9.44. The molecule has 2 atom stereocenters. The standard InChI is InChI=1S/C12H16N2O2S/c13-3-1-2-9-4-10(17-8-9)5-14-6-11(15)12(16)7-14/h4,8,11-12,15-16H,3,5-7,13H2. The molecule has 2 unspecified atom stereocenters. The summed E-state index contributed by atoms with van der Waals surface area (Å²) < 4.78 is 0. The van der Waals surface area contributed by atoms with Crippen molar-refractivity contribution in [2.75, 3.05) is 19.6 Å². The van der Waals surface area contributed by atoms with Gasteiger partial charge >= 0.3 is 0 Å². The summed E-state index contributed by atoms with van der Waals surface area (Å²) in [5.41, 5.74) is 6.29. The Balaban J connectivity index is 1.93. The number of rotatable bonds is 2. The van der Waals surface area contributed by atoms with Crippen LogP contribution in [-0.2, 0) is 6.54 Å². The van der Waals surface area contributed by atoms with Gasteiger partial charge in [-0.05, 0) is 6.07 Å². The predicted octanol–water partition coefficient (Wildman–Crippen LogP) is -0.404. The third-order valence-electron chi connectivity index (χ3n) is 2.70. The molecule has 2 rings (SSSR count). The van der Waals surface area contributed by atoms with Gasteiger partial charge in [-0.25, -0.2) is 0 Å². The van der Waals surface area contributed by atoms with E-state index < -0.39 is 12.2 Å². The van der Waals surface area contributed by atoms with E-state index in [0.29, 0.717) is 19.6 Å². The van der Waals surface area contributed by atoms with Crippen molar-refractivity contribution in [1.29, 1.82) is 0 Å². The van der Waals surface area contributed by atoms with E-state index in [1.165, 1.54) is 4.88 Å². The lowest BCUT2D eigenvalue weighted by Crippen LogP contribution is -2.22. The Kier molecular flexibility index (Phi) is 4.15. The van der Waals surface area contributed by atoms with Crippen LogP contribution >= 0.6 is 11.3 Å². The Bertz CT molecular complexity index is 425. The molecule has 0 amide bonds. The van der Waals surface area contributed by atoms with Gasteiger partial charge in [0, 0.05) is 35.5 Å². The van der Waals surface area contributed by atoms with Crippen LogP contribution in [0.4, 0.5) is 0 Å². The van der Waals surface area contributed by atoms with E-state index >= 15 is 0 Å². The van der Waals surface area contributed by atoms with Crippen molar-refractivity contribution in [3.63, 3.8) is 0 Å². The molecule has 1 aliphatic rings. The number of aliphatic hydroxyl groups is 2. The van der Waals surface area contributed by atoms with Gasteiger partial charge in [-0.3, -0.25) is 4.90 Å². The molecule has 17 heavy (non-hydrogen) atoms. The highest BCUT2D eigenvalue weighted by molar-refractivity contribution is 7.10. The van der Waals surface area contributed by atoms with Gasteiger partial charge in [-0.1, -0.05) is 11.8 Å². The fourth-order valence-corrected chi connectivity index (χ4v) is 2.74. The molecule has 1 saturated heterocycles. The average molecular weight is 252 g/mol. The van der Waals surface area contributed by atoms with E-state index in [-0.39, 0.29) is 0 Å². The van der Waals surface area contributed by atoms with Crippen molar-refractivity contribution in [3.8, 4) is 11.8 Å². The highest BCUT2D eigenvalue weighted by Crippen LogP contribution is 2.19. The summed E-state index contributed by atoms with van der Waals surface area (Å²) in [5.74, 6) is 5.80. The summed E-state index contributed by atoms with van der Waals surface area (Å²) in [6, 6.07) is 2.03. The second-order valence-corrected chi connectivity index (χ2v) is 5.13. The number of nitrogens with zero attached hydrogens (tertiary/aromatic N) is 1. The minimum Gasteiger partial charge on any atom is -0.389 e. The fraction of sp³-hybridized carbons (Fsp3) is 0.500. The molecule has 4 nitrogen and oxygen atoms in total. The van der Waals surface area contributed by atoms with Gasteiger partial charge in [-0.2, -0.15) is 0 Å². The maximum Gasteiger partial charge on any atom is 0.0938 e. The first-order valence-corrected chi connectivity index (χ1v) is 6.42. The largest absolute Gasteiger partial charge is 0.389 e. The van der Waals surface area contributed by atoms with Crippen molar-refractivity contribution >= 4 is 11.3 Å². The number of nitrogens with two attached hydrogens (primary N) is 1. The Morgan fingerprint density at radius 1 is 1.41 bits per heavy atom. The molecule has 0 radical (unpaired) electrons. The maximum atomic E-state index is 9.44. The Morgan fingerprint density at radius 2 is 2.12 bits per heavy atom. The molecule has 92 valence electrons. The predicted molar refractivity (Wildman–Crippen MR) is 67.5 cm³/mol. The zero-order valence-corrected chi connectivity index (χ0v) is 10.3. The van der Waals surface area contributed by atoms with Gasteiger partial charge in [0.1, 0.15) is 0 Å². The van der Waals surface area contributed by atoms with Crippen LogP contribution in [0.3, 0.4) is 0 Å². The molecule has 2 heterocycles. The van der Waals surface area contributed by atoms with E-state index in [4.69, 9.17) is 5.73 Å². The molecule has 1 fully saturated rings. The molecular formula is C12H16N2O2S. The first-order chi connectivity index (χ1) is 8.19. The smallest absolute Gasteiger partial charge is 0.0938 e. The van der Waals surface area contributed by atoms with E-state index in [0.717, 1.165) is 12.1 Å². The average Bonchev–Trinajstić information content (AvgIpc) is 2.85. The molecule has 1 aromatic heterocycles. The van der Waals surface area contributed by atoms with Gasteiger partial charge in [0.15, 0.2) is 0 Å². The van der Waals surface area contributed by atoms with Gasteiger partial charge < -0.3 is 15.9 Å². The lowest BCUT2D eigenvalue weighted by molar-refractivity contribution is 0.0572. The SMILES string of the molecule is NCC#Cc1csc(CN2CC(O)C(O)C2)c1. The summed E-state index contributed by atoms with van der Waals surface area (Å²) >= 11 is 1.64. The van der Waals surface area contributed by atoms with Gasteiger partial charge in [0.2, 0.25) is 0 Å². The third kappa shape index (κ3) is 3.28. The Morgan fingerprint density at radius 3 is 2.76 bits per heavy atom. The van der Waals surface area contributed by atoms with Crippen LogP contribution in [0, 0.1) is 11.8 Å². The van der Waals surface area contributed by atoms with Gasteiger partial charge in [0.25, 0.3) is 0 Å².